The van der Waals surface area contributed by atoms with E-state index in [9.17, 15) is 14.7 Å². The van der Waals surface area contributed by atoms with Crippen molar-refractivity contribution in [2.45, 2.75) is 65.8 Å². The van der Waals surface area contributed by atoms with Crippen molar-refractivity contribution < 1.29 is 14.7 Å². The lowest BCUT2D eigenvalue weighted by molar-refractivity contribution is -0.151. The van der Waals surface area contributed by atoms with E-state index in [1.807, 2.05) is 13.8 Å². The number of nitrogens with zero attached hydrogens (tertiary/aromatic N) is 1. The maximum absolute atomic E-state index is 11.8. The highest BCUT2D eigenvalue weighted by atomic mass is 16.4. The van der Waals surface area contributed by atoms with Crippen LogP contribution in [0.25, 0.3) is 0 Å². The summed E-state index contributed by atoms with van der Waals surface area (Å²) in [5.74, 6) is 4.98. The molecule has 0 saturated heterocycles. The summed E-state index contributed by atoms with van der Waals surface area (Å²) in [4.78, 5) is 23.0. The van der Waals surface area contributed by atoms with Gasteiger partial charge < -0.3 is 5.11 Å². The molecule has 3 N–H and O–H groups in total. The van der Waals surface area contributed by atoms with Gasteiger partial charge in [0.05, 0.1) is 0 Å². The third kappa shape index (κ3) is 7.15. The zero-order chi connectivity index (χ0) is 15.0. The summed E-state index contributed by atoms with van der Waals surface area (Å²) in [6.07, 6.45) is 3.61. The minimum atomic E-state index is -1.02. The number of aliphatic carboxylic acids is 1. The van der Waals surface area contributed by atoms with Gasteiger partial charge in [-0.3, -0.25) is 9.80 Å². The quantitative estimate of drug-likeness (QED) is 0.383. The molecule has 0 fully saturated rings. The Kier molecular flexibility index (Phi) is 8.39. The minimum absolute atomic E-state index is 0.173. The lowest BCUT2D eigenvalue weighted by Crippen LogP contribution is -2.50. The zero-order valence-electron chi connectivity index (χ0n) is 12.6. The van der Waals surface area contributed by atoms with Crippen molar-refractivity contribution in [1.29, 1.82) is 0 Å². The van der Waals surface area contributed by atoms with Crippen molar-refractivity contribution in [1.82, 2.24) is 5.01 Å². The maximum atomic E-state index is 11.8. The summed E-state index contributed by atoms with van der Waals surface area (Å²) in [6.45, 7) is 8.02. The van der Waals surface area contributed by atoms with Crippen LogP contribution in [0.15, 0.2) is 0 Å². The SMILES string of the molecule is CCCC(C)CCC(C(=O)O)N(N)C(=O)CC(C)C. The van der Waals surface area contributed by atoms with E-state index in [4.69, 9.17) is 5.84 Å². The van der Waals surface area contributed by atoms with Crippen molar-refractivity contribution in [3.05, 3.63) is 0 Å². The van der Waals surface area contributed by atoms with E-state index < -0.39 is 12.0 Å². The molecular weight excluding hydrogens is 244 g/mol. The zero-order valence-corrected chi connectivity index (χ0v) is 12.6. The van der Waals surface area contributed by atoms with Gasteiger partial charge in [0.25, 0.3) is 0 Å². The van der Waals surface area contributed by atoms with E-state index in [2.05, 4.69) is 13.8 Å². The summed E-state index contributed by atoms with van der Waals surface area (Å²) < 4.78 is 0. The molecule has 5 heteroatoms. The molecule has 0 saturated carbocycles. The van der Waals surface area contributed by atoms with E-state index in [-0.39, 0.29) is 18.2 Å². The van der Waals surface area contributed by atoms with Crippen LogP contribution in [0.4, 0.5) is 0 Å². The Morgan fingerprint density at radius 2 is 1.74 bits per heavy atom. The number of carbonyl (C=O) groups excluding carboxylic acids is 1. The Hall–Kier alpha value is -1.10. The lowest BCUT2D eigenvalue weighted by atomic mass is 9.97. The highest BCUT2D eigenvalue weighted by Crippen LogP contribution is 2.16. The van der Waals surface area contributed by atoms with Gasteiger partial charge in [0.15, 0.2) is 0 Å². The molecule has 0 radical (unpaired) electrons. The van der Waals surface area contributed by atoms with E-state index in [0.717, 1.165) is 24.3 Å². The van der Waals surface area contributed by atoms with E-state index in [0.29, 0.717) is 12.3 Å². The van der Waals surface area contributed by atoms with Crippen LogP contribution in [-0.4, -0.2) is 28.0 Å². The predicted molar refractivity (Wildman–Crippen MR) is 75.2 cm³/mol. The molecule has 112 valence electrons. The first-order valence-corrected chi connectivity index (χ1v) is 7.09. The Morgan fingerprint density at radius 3 is 2.16 bits per heavy atom. The molecule has 0 spiro atoms. The molecule has 0 bridgehead atoms. The number of nitrogens with two attached hydrogens (primary N) is 1. The number of hydrogen-bond acceptors (Lipinski definition) is 3. The summed E-state index contributed by atoms with van der Waals surface area (Å²) >= 11 is 0. The molecule has 0 aromatic heterocycles. The fourth-order valence-corrected chi connectivity index (χ4v) is 2.09. The fraction of sp³-hybridized carbons (Fsp3) is 0.857. The number of rotatable bonds is 9. The molecular formula is C14H28N2O3. The molecule has 2 unspecified atom stereocenters. The standard InChI is InChI=1S/C14H28N2O3/c1-5-6-11(4)7-8-12(14(18)19)16(15)13(17)9-10(2)3/h10-12H,5-9,15H2,1-4H3,(H,18,19). The summed E-state index contributed by atoms with van der Waals surface area (Å²) in [6, 6.07) is -0.912. The lowest BCUT2D eigenvalue weighted by Gasteiger charge is -2.25. The van der Waals surface area contributed by atoms with Gasteiger partial charge >= 0.3 is 5.97 Å². The van der Waals surface area contributed by atoms with Gasteiger partial charge in [-0.05, 0) is 24.7 Å². The van der Waals surface area contributed by atoms with E-state index in [1.165, 1.54) is 0 Å². The summed E-state index contributed by atoms with van der Waals surface area (Å²) in [5, 5.41) is 10.1. The first kappa shape index (κ1) is 17.9. The molecule has 0 heterocycles. The second-order valence-corrected chi connectivity index (χ2v) is 5.72. The van der Waals surface area contributed by atoms with Crippen LogP contribution in [0.3, 0.4) is 0 Å². The van der Waals surface area contributed by atoms with Gasteiger partial charge in [-0.25, -0.2) is 10.6 Å². The minimum Gasteiger partial charge on any atom is -0.480 e. The molecule has 19 heavy (non-hydrogen) atoms. The van der Waals surface area contributed by atoms with Crippen molar-refractivity contribution >= 4 is 11.9 Å². The second kappa shape index (κ2) is 8.91. The molecule has 0 aliphatic rings. The van der Waals surface area contributed by atoms with Gasteiger partial charge in [-0.2, -0.15) is 0 Å². The van der Waals surface area contributed by atoms with Gasteiger partial charge in [-0.1, -0.05) is 40.5 Å². The maximum Gasteiger partial charge on any atom is 0.328 e. The van der Waals surface area contributed by atoms with E-state index in [1.54, 1.807) is 0 Å². The number of carboxylic acids is 1. The smallest absolute Gasteiger partial charge is 0.328 e. The Morgan fingerprint density at radius 1 is 1.16 bits per heavy atom. The summed E-state index contributed by atoms with van der Waals surface area (Å²) in [5.41, 5.74) is 0. The molecule has 0 rings (SSSR count). The van der Waals surface area contributed by atoms with Crippen LogP contribution in [0.5, 0.6) is 0 Å². The normalized spacial score (nSPS) is 14.2. The molecule has 0 aliphatic carbocycles. The van der Waals surface area contributed by atoms with Crippen molar-refractivity contribution in [2.24, 2.45) is 17.7 Å². The number of amides is 1. The highest BCUT2D eigenvalue weighted by molar-refractivity contribution is 5.83. The topological polar surface area (TPSA) is 83.6 Å². The molecule has 0 aromatic carbocycles. The molecule has 5 nitrogen and oxygen atoms in total. The molecule has 1 amide bonds. The average Bonchev–Trinajstić information content (AvgIpc) is 2.27. The van der Waals surface area contributed by atoms with Crippen LogP contribution in [0.1, 0.15) is 59.8 Å². The predicted octanol–water partition coefficient (Wildman–Crippen LogP) is 2.40. The molecule has 0 aliphatic heterocycles. The Labute approximate surface area is 116 Å². The Bertz CT molecular complexity index is 292. The van der Waals surface area contributed by atoms with Crippen molar-refractivity contribution in [3.8, 4) is 0 Å². The van der Waals surface area contributed by atoms with Crippen LogP contribution in [0.2, 0.25) is 0 Å². The fourth-order valence-electron chi connectivity index (χ4n) is 2.09. The van der Waals surface area contributed by atoms with Gasteiger partial charge in [-0.15, -0.1) is 0 Å². The van der Waals surface area contributed by atoms with Crippen molar-refractivity contribution in [2.75, 3.05) is 0 Å². The number of carbonyl (C=O) groups is 2. The second-order valence-electron chi connectivity index (χ2n) is 5.72. The third-order valence-corrected chi connectivity index (χ3v) is 3.21. The monoisotopic (exact) mass is 272 g/mol. The third-order valence-electron chi connectivity index (χ3n) is 3.21. The van der Waals surface area contributed by atoms with Crippen LogP contribution >= 0.6 is 0 Å². The van der Waals surface area contributed by atoms with Crippen LogP contribution in [0, 0.1) is 11.8 Å². The van der Waals surface area contributed by atoms with Gasteiger partial charge in [0.1, 0.15) is 6.04 Å². The molecule has 0 aromatic rings. The van der Waals surface area contributed by atoms with Gasteiger partial charge in [0, 0.05) is 6.42 Å². The van der Waals surface area contributed by atoms with Crippen LogP contribution in [-0.2, 0) is 9.59 Å². The Balaban J connectivity index is 4.46. The van der Waals surface area contributed by atoms with Crippen LogP contribution < -0.4 is 5.84 Å². The number of hydrazine groups is 1. The number of carboxylic acid groups (broad SMARTS) is 1. The summed E-state index contributed by atoms with van der Waals surface area (Å²) in [7, 11) is 0. The largest absolute Gasteiger partial charge is 0.480 e. The number of hydrogen-bond donors (Lipinski definition) is 2. The van der Waals surface area contributed by atoms with Crippen molar-refractivity contribution in [3.63, 3.8) is 0 Å². The first-order chi connectivity index (χ1) is 8.79. The van der Waals surface area contributed by atoms with Gasteiger partial charge in [0.2, 0.25) is 5.91 Å². The average molecular weight is 272 g/mol. The first-order valence-electron chi connectivity index (χ1n) is 7.09. The highest BCUT2D eigenvalue weighted by Gasteiger charge is 2.27. The molecule has 2 atom stereocenters. The van der Waals surface area contributed by atoms with E-state index >= 15 is 0 Å².